The highest BCUT2D eigenvalue weighted by molar-refractivity contribution is 7.99. The van der Waals surface area contributed by atoms with Crippen molar-refractivity contribution < 1.29 is 13.2 Å². The van der Waals surface area contributed by atoms with E-state index in [2.05, 4.69) is 20.3 Å². The van der Waals surface area contributed by atoms with Gasteiger partial charge in [0.2, 0.25) is 0 Å². The van der Waals surface area contributed by atoms with Crippen LogP contribution in [0.2, 0.25) is 5.02 Å². The van der Waals surface area contributed by atoms with Gasteiger partial charge >= 0.3 is 6.18 Å². The quantitative estimate of drug-likeness (QED) is 0.388. The molecule has 0 saturated carbocycles. The van der Waals surface area contributed by atoms with Crippen molar-refractivity contribution in [2.24, 2.45) is 0 Å². The van der Waals surface area contributed by atoms with Crippen molar-refractivity contribution in [2.75, 3.05) is 0 Å². The summed E-state index contributed by atoms with van der Waals surface area (Å²) in [5.41, 5.74) is 0.339. The van der Waals surface area contributed by atoms with Crippen LogP contribution in [-0.4, -0.2) is 29.5 Å². The van der Waals surface area contributed by atoms with E-state index in [1.54, 1.807) is 0 Å². The molecule has 3 heterocycles. The van der Waals surface area contributed by atoms with Crippen LogP contribution in [0, 0.1) is 6.92 Å². The minimum absolute atomic E-state index is 0.0787. The topological polar surface area (TPSA) is 78.5 Å². The summed E-state index contributed by atoms with van der Waals surface area (Å²) in [6.07, 6.45) is -2.55. The molecule has 0 N–H and O–H groups in total. The summed E-state index contributed by atoms with van der Waals surface area (Å²) < 4.78 is 41.0. The summed E-state index contributed by atoms with van der Waals surface area (Å²) in [6, 6.07) is 9.67. The van der Waals surface area contributed by atoms with Crippen LogP contribution in [0.15, 0.2) is 63.6 Å². The van der Waals surface area contributed by atoms with Crippen molar-refractivity contribution in [3.05, 3.63) is 75.3 Å². The van der Waals surface area contributed by atoms with Gasteiger partial charge in [-0.05, 0) is 43.3 Å². The number of nitrogens with zero attached hydrogens (tertiary/aromatic N) is 6. The number of pyridine rings is 1. The Kier molecular flexibility index (Phi) is 6.26. The molecule has 0 atom stereocenters. The fourth-order valence-electron chi connectivity index (χ4n) is 3.10. The van der Waals surface area contributed by atoms with Crippen LogP contribution in [0.4, 0.5) is 13.2 Å². The Labute approximate surface area is 195 Å². The maximum absolute atomic E-state index is 12.8. The van der Waals surface area contributed by atoms with Crippen molar-refractivity contribution in [1.82, 2.24) is 29.5 Å². The number of aryl methyl sites for hydroxylation is 1. The van der Waals surface area contributed by atoms with E-state index in [9.17, 15) is 18.0 Å². The van der Waals surface area contributed by atoms with Crippen molar-refractivity contribution in [3.8, 4) is 17.2 Å². The van der Waals surface area contributed by atoms with E-state index in [4.69, 9.17) is 11.6 Å². The van der Waals surface area contributed by atoms with E-state index in [0.29, 0.717) is 28.6 Å². The highest BCUT2D eigenvalue weighted by atomic mass is 35.5. The largest absolute Gasteiger partial charge is 0.417 e. The summed E-state index contributed by atoms with van der Waals surface area (Å²) in [5.74, 6) is 0.606. The molecule has 3 aromatic heterocycles. The number of aromatic nitrogens is 6. The highest BCUT2D eigenvalue weighted by Gasteiger charge is 2.31. The number of alkyl halides is 3. The molecule has 0 radical (unpaired) electrons. The Balaban J connectivity index is 1.67. The molecule has 0 spiro atoms. The van der Waals surface area contributed by atoms with Crippen LogP contribution in [0.5, 0.6) is 0 Å². The van der Waals surface area contributed by atoms with Gasteiger partial charge in [-0.15, -0.1) is 10.2 Å². The number of rotatable bonds is 5. The normalized spacial score (nSPS) is 11.7. The van der Waals surface area contributed by atoms with Gasteiger partial charge in [0.15, 0.2) is 16.8 Å². The summed E-state index contributed by atoms with van der Waals surface area (Å²) in [7, 11) is 0. The first-order valence-corrected chi connectivity index (χ1v) is 10.9. The van der Waals surface area contributed by atoms with Crippen molar-refractivity contribution in [2.45, 2.75) is 36.6 Å². The molecule has 12 heteroatoms. The maximum atomic E-state index is 12.8. The van der Waals surface area contributed by atoms with Crippen LogP contribution in [-0.2, 0) is 12.7 Å². The predicted molar refractivity (Wildman–Crippen MR) is 118 cm³/mol. The molecule has 0 amide bonds. The molecular formula is C21H16ClF3N6OS. The standard InChI is InChI=1S/C21H16ClF3N6OS/c1-3-30-18(14-7-5-4-6-12(14)2)28-29-20(30)33-15-11-27-31(19(32)17(15)22)16-9-8-13(10-26-16)21(23,24)25/h4-11H,3H2,1-2H3. The Morgan fingerprint density at radius 1 is 1.09 bits per heavy atom. The minimum atomic E-state index is -4.53. The van der Waals surface area contributed by atoms with Gasteiger partial charge in [0, 0.05) is 18.3 Å². The number of hydrogen-bond acceptors (Lipinski definition) is 6. The molecule has 7 nitrogen and oxygen atoms in total. The van der Waals surface area contributed by atoms with Crippen LogP contribution in [0.3, 0.4) is 0 Å². The Morgan fingerprint density at radius 2 is 1.85 bits per heavy atom. The van der Waals surface area contributed by atoms with E-state index in [-0.39, 0.29) is 10.8 Å². The predicted octanol–water partition coefficient (Wildman–Crippen LogP) is 5.04. The van der Waals surface area contributed by atoms with Gasteiger partial charge < -0.3 is 4.57 Å². The van der Waals surface area contributed by atoms with Gasteiger partial charge in [0.1, 0.15) is 5.02 Å². The summed E-state index contributed by atoms with van der Waals surface area (Å²) in [5, 5.41) is 12.9. The molecule has 0 unspecified atom stereocenters. The second kappa shape index (κ2) is 8.99. The van der Waals surface area contributed by atoms with Crippen molar-refractivity contribution >= 4 is 23.4 Å². The molecular weight excluding hydrogens is 477 g/mol. The van der Waals surface area contributed by atoms with Crippen LogP contribution in [0.1, 0.15) is 18.1 Å². The molecule has 0 fully saturated rings. The third kappa shape index (κ3) is 4.51. The molecule has 1 aromatic carbocycles. The SMILES string of the molecule is CCn1c(Sc2cnn(-c3ccc(C(F)(F)F)cn3)c(=O)c2Cl)nnc1-c1ccccc1C. The third-order valence-corrected chi connectivity index (χ3v) is 6.29. The maximum Gasteiger partial charge on any atom is 0.417 e. The zero-order valence-electron chi connectivity index (χ0n) is 17.3. The minimum Gasteiger partial charge on any atom is -0.302 e. The highest BCUT2D eigenvalue weighted by Crippen LogP contribution is 2.33. The van der Waals surface area contributed by atoms with Crippen LogP contribution >= 0.6 is 23.4 Å². The number of halogens is 4. The average molecular weight is 493 g/mol. The summed E-state index contributed by atoms with van der Waals surface area (Å²) >= 11 is 7.41. The Hall–Kier alpha value is -3.18. The van der Waals surface area contributed by atoms with Gasteiger partial charge in [-0.25, -0.2) is 4.98 Å². The van der Waals surface area contributed by atoms with Crippen LogP contribution < -0.4 is 5.56 Å². The van der Waals surface area contributed by atoms with Gasteiger partial charge in [0.05, 0.1) is 16.7 Å². The molecule has 4 aromatic rings. The fraction of sp³-hybridized carbons (Fsp3) is 0.190. The van der Waals surface area contributed by atoms with E-state index < -0.39 is 17.3 Å². The monoisotopic (exact) mass is 492 g/mol. The van der Waals surface area contributed by atoms with E-state index in [1.807, 2.05) is 42.7 Å². The van der Waals surface area contributed by atoms with Gasteiger partial charge in [-0.1, -0.05) is 35.9 Å². The van der Waals surface area contributed by atoms with Gasteiger partial charge in [-0.2, -0.15) is 23.0 Å². The Bertz CT molecular complexity index is 1370. The molecule has 0 aliphatic heterocycles. The zero-order valence-corrected chi connectivity index (χ0v) is 18.9. The van der Waals surface area contributed by atoms with Crippen molar-refractivity contribution in [3.63, 3.8) is 0 Å². The average Bonchev–Trinajstić information content (AvgIpc) is 3.19. The van der Waals surface area contributed by atoms with Crippen molar-refractivity contribution in [1.29, 1.82) is 0 Å². The zero-order chi connectivity index (χ0) is 23.8. The van der Waals surface area contributed by atoms with Gasteiger partial charge in [-0.3, -0.25) is 4.79 Å². The molecule has 0 aliphatic rings. The third-order valence-electron chi connectivity index (χ3n) is 4.80. The molecule has 0 aliphatic carbocycles. The Morgan fingerprint density at radius 3 is 2.48 bits per heavy atom. The number of benzene rings is 1. The lowest BCUT2D eigenvalue weighted by Crippen LogP contribution is -2.23. The molecule has 33 heavy (non-hydrogen) atoms. The van der Waals surface area contributed by atoms with E-state index in [0.717, 1.165) is 39.7 Å². The number of hydrogen-bond donors (Lipinski definition) is 0. The summed E-state index contributed by atoms with van der Waals surface area (Å²) in [4.78, 5) is 16.8. The van der Waals surface area contributed by atoms with E-state index >= 15 is 0 Å². The first-order valence-electron chi connectivity index (χ1n) is 9.69. The smallest absolute Gasteiger partial charge is 0.302 e. The molecule has 0 saturated heterocycles. The molecule has 0 bridgehead atoms. The summed E-state index contributed by atoms with van der Waals surface area (Å²) in [6.45, 7) is 4.51. The lowest BCUT2D eigenvalue weighted by Gasteiger charge is -2.10. The second-order valence-corrected chi connectivity index (χ2v) is 8.30. The lowest BCUT2D eigenvalue weighted by molar-refractivity contribution is -0.137. The van der Waals surface area contributed by atoms with Gasteiger partial charge in [0.25, 0.3) is 5.56 Å². The molecule has 170 valence electrons. The first kappa shape index (κ1) is 23.0. The van der Waals surface area contributed by atoms with E-state index in [1.165, 1.54) is 6.20 Å². The second-order valence-electron chi connectivity index (χ2n) is 6.91. The molecule has 4 rings (SSSR count). The first-order chi connectivity index (χ1) is 15.7. The van der Waals surface area contributed by atoms with Crippen LogP contribution in [0.25, 0.3) is 17.2 Å². The lowest BCUT2D eigenvalue weighted by atomic mass is 10.1. The fourth-order valence-corrected chi connectivity index (χ4v) is 4.23.